The van der Waals surface area contributed by atoms with Crippen LogP contribution < -0.4 is 14.8 Å². The molecule has 1 atom stereocenters. The average molecular weight is 602 g/mol. The van der Waals surface area contributed by atoms with Crippen LogP contribution in [0.15, 0.2) is 63.4 Å². The van der Waals surface area contributed by atoms with Gasteiger partial charge in [-0.3, -0.25) is 0 Å². The summed E-state index contributed by atoms with van der Waals surface area (Å²) in [6, 6.07) is 13.1. The second-order valence-corrected chi connectivity index (χ2v) is 10.9. The molecule has 0 amide bonds. The Morgan fingerprint density at radius 1 is 1.16 bits per heavy atom. The van der Waals surface area contributed by atoms with Gasteiger partial charge in [-0.15, -0.1) is 5.10 Å². The lowest BCUT2D eigenvalue weighted by atomic mass is 9.95. The first-order valence-corrected chi connectivity index (χ1v) is 14.5. The maximum atomic E-state index is 13.3. The monoisotopic (exact) mass is 600 g/mol. The number of rotatable bonds is 12. The number of nitrogens with zero attached hydrogens (tertiary/aromatic N) is 3. The van der Waals surface area contributed by atoms with Gasteiger partial charge in [0.05, 0.1) is 19.3 Å². The van der Waals surface area contributed by atoms with E-state index in [2.05, 4.69) is 40.1 Å². The highest BCUT2D eigenvalue weighted by molar-refractivity contribution is 9.10. The standard InChI is InChI=1S/C28H33BrN4O4S/c1-5-7-13-36-26(34)24-18(3)30-27-31-28(38-14-6-2)32-33(27)25(24)20-11-12-22(23(16-20)35-4)37-17-19-9-8-10-21(29)15-19/h8-12,15-16,25H,5-7,13-14,17H2,1-4H3,(H,30,31,32). The quantitative estimate of drug-likeness (QED) is 0.138. The number of allylic oxidation sites excluding steroid dienone is 1. The van der Waals surface area contributed by atoms with Crippen molar-refractivity contribution in [1.29, 1.82) is 0 Å². The van der Waals surface area contributed by atoms with Crippen molar-refractivity contribution in [2.24, 2.45) is 0 Å². The normalized spacial score (nSPS) is 14.6. The van der Waals surface area contributed by atoms with Gasteiger partial charge in [-0.2, -0.15) is 4.98 Å². The van der Waals surface area contributed by atoms with E-state index in [9.17, 15) is 4.79 Å². The Bertz CT molecular complexity index is 1310. The summed E-state index contributed by atoms with van der Waals surface area (Å²) in [4.78, 5) is 18.0. The molecule has 0 saturated carbocycles. The van der Waals surface area contributed by atoms with E-state index < -0.39 is 6.04 Å². The summed E-state index contributed by atoms with van der Waals surface area (Å²) in [6.07, 6.45) is 2.76. The third-order valence-corrected chi connectivity index (χ3v) is 7.54. The number of thioether (sulfide) groups is 1. The van der Waals surface area contributed by atoms with Crippen LogP contribution in [0.25, 0.3) is 0 Å². The summed E-state index contributed by atoms with van der Waals surface area (Å²) in [7, 11) is 1.61. The van der Waals surface area contributed by atoms with Gasteiger partial charge in [0.15, 0.2) is 11.5 Å². The molecule has 0 bridgehead atoms. The first-order chi connectivity index (χ1) is 18.4. The number of aromatic nitrogens is 3. The fourth-order valence-electron chi connectivity index (χ4n) is 4.11. The van der Waals surface area contributed by atoms with Crippen molar-refractivity contribution in [2.75, 3.05) is 24.8 Å². The predicted molar refractivity (Wildman–Crippen MR) is 153 cm³/mol. The molecule has 1 aliphatic rings. The van der Waals surface area contributed by atoms with Crippen LogP contribution >= 0.6 is 27.7 Å². The number of anilines is 1. The molecule has 8 nitrogen and oxygen atoms in total. The van der Waals surface area contributed by atoms with E-state index in [4.69, 9.17) is 19.3 Å². The highest BCUT2D eigenvalue weighted by Gasteiger charge is 2.35. The smallest absolute Gasteiger partial charge is 0.338 e. The molecule has 2 aromatic carbocycles. The van der Waals surface area contributed by atoms with E-state index in [1.807, 2.05) is 49.4 Å². The lowest BCUT2D eigenvalue weighted by Gasteiger charge is -2.28. The molecular formula is C28H33BrN4O4S. The first-order valence-electron chi connectivity index (χ1n) is 12.7. The van der Waals surface area contributed by atoms with Crippen molar-refractivity contribution < 1.29 is 19.0 Å². The minimum absolute atomic E-state index is 0.367. The van der Waals surface area contributed by atoms with Crippen molar-refractivity contribution in [3.63, 3.8) is 0 Å². The molecule has 1 aliphatic heterocycles. The topological polar surface area (TPSA) is 87.5 Å². The summed E-state index contributed by atoms with van der Waals surface area (Å²) in [5.41, 5.74) is 3.04. The van der Waals surface area contributed by atoms with Crippen LogP contribution in [0.1, 0.15) is 57.2 Å². The molecule has 0 fully saturated rings. The van der Waals surface area contributed by atoms with Crippen molar-refractivity contribution in [1.82, 2.24) is 14.8 Å². The average Bonchev–Trinajstić information content (AvgIpc) is 3.32. The molecule has 38 heavy (non-hydrogen) atoms. The highest BCUT2D eigenvalue weighted by atomic mass is 79.9. The van der Waals surface area contributed by atoms with Gasteiger partial charge in [0, 0.05) is 15.9 Å². The Hall–Kier alpha value is -2.98. The minimum Gasteiger partial charge on any atom is -0.493 e. The van der Waals surface area contributed by atoms with Crippen LogP contribution in [0.4, 0.5) is 5.95 Å². The zero-order valence-corrected chi connectivity index (χ0v) is 24.5. The maximum absolute atomic E-state index is 13.3. The van der Waals surface area contributed by atoms with Crippen LogP contribution in [0, 0.1) is 0 Å². The molecule has 0 radical (unpaired) electrons. The molecule has 1 N–H and O–H groups in total. The number of benzene rings is 2. The Morgan fingerprint density at radius 3 is 2.74 bits per heavy atom. The number of esters is 1. The Balaban J connectivity index is 1.69. The van der Waals surface area contributed by atoms with Gasteiger partial charge in [0.25, 0.3) is 0 Å². The van der Waals surface area contributed by atoms with Crippen LogP contribution in [0.3, 0.4) is 0 Å². The van der Waals surface area contributed by atoms with Gasteiger partial charge in [-0.25, -0.2) is 9.48 Å². The molecule has 202 valence electrons. The van der Waals surface area contributed by atoms with E-state index in [0.29, 0.717) is 47.1 Å². The van der Waals surface area contributed by atoms with Gasteiger partial charge < -0.3 is 19.5 Å². The molecule has 1 unspecified atom stereocenters. The fourth-order valence-corrected chi connectivity index (χ4v) is 5.24. The van der Waals surface area contributed by atoms with Crippen molar-refractivity contribution >= 4 is 39.6 Å². The van der Waals surface area contributed by atoms with Crippen LogP contribution in [0.2, 0.25) is 0 Å². The number of fused-ring (bicyclic) bond motifs is 1. The number of carbonyl (C=O) groups is 1. The summed E-state index contributed by atoms with van der Waals surface area (Å²) in [5.74, 6) is 2.30. The molecule has 2 heterocycles. The second kappa shape index (κ2) is 13.2. The number of nitrogens with one attached hydrogen (secondary N) is 1. The highest BCUT2D eigenvalue weighted by Crippen LogP contribution is 2.40. The second-order valence-electron chi connectivity index (χ2n) is 8.90. The van der Waals surface area contributed by atoms with E-state index in [1.54, 1.807) is 23.6 Å². The number of hydrogen-bond acceptors (Lipinski definition) is 8. The van der Waals surface area contributed by atoms with Crippen LogP contribution in [-0.2, 0) is 16.1 Å². The number of unbranched alkanes of at least 4 members (excludes halogenated alkanes) is 1. The van der Waals surface area contributed by atoms with Crippen LogP contribution in [0.5, 0.6) is 11.5 Å². The number of methoxy groups -OCH3 is 1. The van der Waals surface area contributed by atoms with Crippen molar-refractivity contribution in [3.8, 4) is 11.5 Å². The number of ether oxygens (including phenoxy) is 3. The van der Waals surface area contributed by atoms with E-state index in [0.717, 1.165) is 40.6 Å². The molecule has 0 saturated heterocycles. The number of halogens is 1. The third kappa shape index (κ3) is 6.53. The van der Waals surface area contributed by atoms with Gasteiger partial charge >= 0.3 is 5.97 Å². The summed E-state index contributed by atoms with van der Waals surface area (Å²) >= 11 is 5.09. The van der Waals surface area contributed by atoms with Gasteiger partial charge in [-0.05, 0) is 55.2 Å². The van der Waals surface area contributed by atoms with E-state index in [1.165, 1.54) is 0 Å². The largest absolute Gasteiger partial charge is 0.493 e. The maximum Gasteiger partial charge on any atom is 0.338 e. The van der Waals surface area contributed by atoms with Crippen molar-refractivity contribution in [3.05, 3.63) is 69.3 Å². The summed E-state index contributed by atoms with van der Waals surface area (Å²) in [5, 5.41) is 8.68. The Kier molecular flexibility index (Phi) is 9.74. The number of hydrogen-bond donors (Lipinski definition) is 1. The summed E-state index contributed by atoms with van der Waals surface area (Å²) in [6.45, 7) is 6.81. The van der Waals surface area contributed by atoms with Crippen molar-refractivity contribution in [2.45, 2.75) is 57.8 Å². The Morgan fingerprint density at radius 2 is 2.00 bits per heavy atom. The lowest BCUT2D eigenvalue weighted by Crippen LogP contribution is -2.29. The number of carbonyl (C=O) groups excluding carboxylic acids is 1. The van der Waals surface area contributed by atoms with E-state index >= 15 is 0 Å². The van der Waals surface area contributed by atoms with E-state index in [-0.39, 0.29) is 5.97 Å². The van der Waals surface area contributed by atoms with Gasteiger partial charge in [0.2, 0.25) is 11.1 Å². The van der Waals surface area contributed by atoms with Gasteiger partial charge in [0.1, 0.15) is 12.6 Å². The molecule has 0 spiro atoms. The zero-order valence-electron chi connectivity index (χ0n) is 22.1. The fraction of sp³-hybridized carbons (Fsp3) is 0.393. The molecule has 3 aromatic rings. The first kappa shape index (κ1) is 28.0. The van der Waals surface area contributed by atoms with Crippen LogP contribution in [-0.4, -0.2) is 40.2 Å². The summed E-state index contributed by atoms with van der Waals surface area (Å²) < 4.78 is 20.2. The SMILES string of the molecule is CCCCOC(=O)C1=C(C)Nc2nc(SCCC)nn2C1c1ccc(OCc2cccc(Br)c2)c(OC)c1. The third-order valence-electron chi connectivity index (χ3n) is 6.01. The zero-order chi connectivity index (χ0) is 27.1. The molecular weight excluding hydrogens is 568 g/mol. The predicted octanol–water partition coefficient (Wildman–Crippen LogP) is 6.76. The molecule has 0 aliphatic carbocycles. The Labute approximate surface area is 236 Å². The molecule has 1 aromatic heterocycles. The lowest BCUT2D eigenvalue weighted by molar-refractivity contribution is -0.139. The molecule has 10 heteroatoms. The minimum atomic E-state index is -0.531. The molecule has 4 rings (SSSR count). The van der Waals surface area contributed by atoms with Gasteiger partial charge in [-0.1, -0.05) is 66.2 Å².